The highest BCUT2D eigenvalue weighted by molar-refractivity contribution is 5.97. The van der Waals surface area contributed by atoms with Crippen LogP contribution in [0.1, 0.15) is 77.0 Å². The van der Waals surface area contributed by atoms with E-state index in [1.807, 2.05) is 20.8 Å². The molecule has 4 rings (SSSR count). The first kappa shape index (κ1) is 37.7. The van der Waals surface area contributed by atoms with Crippen molar-refractivity contribution in [3.8, 4) is 0 Å². The summed E-state index contributed by atoms with van der Waals surface area (Å²) in [5.74, 6) is -4.67. The quantitative estimate of drug-likeness (QED) is 0.177. The van der Waals surface area contributed by atoms with E-state index in [4.69, 9.17) is 4.74 Å². The number of nitrogens with one attached hydrogen (secondary N) is 1. The van der Waals surface area contributed by atoms with Crippen molar-refractivity contribution in [3.05, 3.63) is 77.1 Å². The molecule has 0 bridgehead atoms. The highest BCUT2D eigenvalue weighted by Crippen LogP contribution is 2.43. The number of halogens is 6. The summed E-state index contributed by atoms with van der Waals surface area (Å²) in [5, 5.41) is 2.52. The second-order valence-electron chi connectivity index (χ2n) is 14.4. The fourth-order valence-electron chi connectivity index (χ4n) is 5.84. The summed E-state index contributed by atoms with van der Waals surface area (Å²) >= 11 is 0. The minimum atomic E-state index is -4.61. The number of carbonyl (C=O) groups is 2. The van der Waals surface area contributed by atoms with Crippen LogP contribution in [0.4, 0.5) is 38.0 Å². The number of benzene rings is 2. The van der Waals surface area contributed by atoms with Crippen molar-refractivity contribution in [2.24, 2.45) is 0 Å². The van der Waals surface area contributed by atoms with Gasteiger partial charge in [0.05, 0.1) is 12.1 Å². The van der Waals surface area contributed by atoms with Crippen molar-refractivity contribution in [1.82, 2.24) is 14.5 Å². The summed E-state index contributed by atoms with van der Waals surface area (Å²) in [4.78, 5) is 33.4. The maximum absolute atomic E-state index is 17.0. The second kappa shape index (κ2) is 14.0. The van der Waals surface area contributed by atoms with Crippen LogP contribution in [0.3, 0.4) is 0 Å². The Balaban J connectivity index is 1.59. The van der Waals surface area contributed by atoms with E-state index < -0.39 is 58.0 Å². The van der Waals surface area contributed by atoms with Crippen LogP contribution < -0.4 is 10.2 Å². The fraction of sp³-hybridized carbons (Fsp3) is 0.514. The third-order valence-corrected chi connectivity index (χ3v) is 8.44. The predicted octanol–water partition coefficient (Wildman–Crippen LogP) is 7.33. The topological polar surface area (TPSA) is 79.7 Å². The molecule has 0 radical (unpaired) electrons. The van der Waals surface area contributed by atoms with E-state index in [2.05, 4.69) is 10.3 Å². The van der Waals surface area contributed by atoms with Crippen LogP contribution >= 0.6 is 0 Å². The highest BCUT2D eigenvalue weighted by atomic mass is 19.4. The number of ether oxygens (including phenoxy) is 1. The van der Waals surface area contributed by atoms with Gasteiger partial charge < -0.3 is 14.2 Å². The van der Waals surface area contributed by atoms with Gasteiger partial charge in [-0.25, -0.2) is 18.2 Å². The van der Waals surface area contributed by atoms with Gasteiger partial charge in [-0.1, -0.05) is 12.1 Å². The Morgan fingerprint density at radius 3 is 2.37 bits per heavy atom. The van der Waals surface area contributed by atoms with E-state index in [9.17, 15) is 31.5 Å². The molecule has 1 aliphatic heterocycles. The van der Waals surface area contributed by atoms with E-state index >= 15 is 4.39 Å². The number of anilines is 2. The number of amides is 1. The van der Waals surface area contributed by atoms with Crippen molar-refractivity contribution in [2.75, 3.05) is 36.9 Å². The van der Waals surface area contributed by atoms with E-state index in [1.165, 1.54) is 23.0 Å². The van der Waals surface area contributed by atoms with Crippen molar-refractivity contribution in [3.63, 3.8) is 0 Å². The molecule has 1 fully saturated rings. The molecule has 268 valence electrons. The van der Waals surface area contributed by atoms with Crippen molar-refractivity contribution >= 4 is 23.5 Å². The lowest BCUT2D eigenvalue weighted by Gasteiger charge is -2.32. The lowest BCUT2D eigenvalue weighted by Crippen LogP contribution is -2.47. The third kappa shape index (κ3) is 9.14. The Morgan fingerprint density at radius 2 is 1.76 bits per heavy atom. The molecule has 0 spiro atoms. The molecule has 2 aromatic carbocycles. The molecule has 0 saturated carbocycles. The Morgan fingerprint density at radius 1 is 1.06 bits per heavy atom. The maximum Gasteiger partial charge on any atom is 0.416 e. The van der Waals surface area contributed by atoms with Gasteiger partial charge in [-0.05, 0) is 77.3 Å². The number of likely N-dealkylation sites (tertiary alicyclic amines) is 1. The standard InChI is InChI=1S/C35H43F6N5O3/c1-32(2,3)46-20-26(25-13-12-24(36)18-27(25)37)34(38,21-46)30(48)43-31-42-14-16-45(31)19-22-10-11-23(35(39,40)41)17-28(22)44(7)15-8-9-29(47)49-33(4,5)6/h10-14,16-18,26H,8-9,15,19-21H2,1-7H3,(H,42,43,48)/t26-,34-/m0/s1. The molecule has 2 atom stereocenters. The van der Waals surface area contributed by atoms with E-state index in [0.29, 0.717) is 18.1 Å². The summed E-state index contributed by atoms with van der Waals surface area (Å²) in [7, 11) is 1.60. The van der Waals surface area contributed by atoms with Crippen LogP contribution in [0.15, 0.2) is 48.8 Å². The van der Waals surface area contributed by atoms with Crippen LogP contribution in [0, 0.1) is 11.6 Å². The summed E-state index contributed by atoms with van der Waals surface area (Å²) < 4.78 is 93.6. The molecule has 2 heterocycles. The van der Waals surface area contributed by atoms with Crippen molar-refractivity contribution in [2.45, 2.75) is 89.8 Å². The number of aromatic nitrogens is 2. The van der Waals surface area contributed by atoms with Gasteiger partial charge in [0, 0.05) is 68.7 Å². The molecule has 0 unspecified atom stereocenters. The van der Waals surface area contributed by atoms with Crippen LogP contribution in [0.5, 0.6) is 0 Å². The van der Waals surface area contributed by atoms with E-state index in [0.717, 1.165) is 24.3 Å². The number of nitrogens with zero attached hydrogens (tertiary/aromatic N) is 4. The number of rotatable bonds is 10. The molecule has 1 N–H and O–H groups in total. The van der Waals surface area contributed by atoms with Crippen molar-refractivity contribution in [1.29, 1.82) is 0 Å². The molecule has 1 amide bonds. The molecule has 3 aromatic rings. The Kier molecular flexibility index (Phi) is 10.8. The molecular weight excluding hydrogens is 652 g/mol. The van der Waals surface area contributed by atoms with Gasteiger partial charge in [-0.2, -0.15) is 13.2 Å². The Bertz CT molecular complexity index is 1660. The van der Waals surface area contributed by atoms with Crippen molar-refractivity contribution < 1.29 is 40.7 Å². The number of hydrogen-bond donors (Lipinski definition) is 1. The largest absolute Gasteiger partial charge is 0.460 e. The minimum absolute atomic E-state index is 0.0143. The number of hydrogen-bond acceptors (Lipinski definition) is 6. The van der Waals surface area contributed by atoms with Gasteiger partial charge in [-0.3, -0.25) is 19.8 Å². The van der Waals surface area contributed by atoms with Gasteiger partial charge in [0.15, 0.2) is 0 Å². The first-order chi connectivity index (χ1) is 22.6. The zero-order valence-electron chi connectivity index (χ0n) is 28.7. The molecule has 1 aliphatic rings. The van der Waals surface area contributed by atoms with Crippen LogP contribution in [-0.4, -0.2) is 69.8 Å². The molecule has 1 aromatic heterocycles. The predicted molar refractivity (Wildman–Crippen MR) is 174 cm³/mol. The van der Waals surface area contributed by atoms with E-state index in [-0.39, 0.29) is 49.8 Å². The van der Waals surface area contributed by atoms with Gasteiger partial charge in [0.25, 0.3) is 5.91 Å². The van der Waals surface area contributed by atoms with Crippen LogP contribution in [0.25, 0.3) is 0 Å². The lowest BCUT2D eigenvalue weighted by molar-refractivity contribution is -0.154. The number of esters is 1. The average molecular weight is 696 g/mol. The first-order valence-electron chi connectivity index (χ1n) is 15.9. The normalized spacial score (nSPS) is 18.8. The van der Waals surface area contributed by atoms with Crippen LogP contribution in [0.2, 0.25) is 0 Å². The monoisotopic (exact) mass is 695 g/mol. The SMILES string of the molecule is CN(CCCC(=O)OC(C)(C)C)c1cc(C(F)(F)F)ccc1Cn1ccnc1NC(=O)[C@]1(F)CN(C(C)(C)C)C[C@H]1c1ccc(F)cc1F. The fourth-order valence-corrected chi connectivity index (χ4v) is 5.84. The molecule has 1 saturated heterocycles. The summed E-state index contributed by atoms with van der Waals surface area (Å²) in [6.45, 7) is 10.5. The second-order valence-corrected chi connectivity index (χ2v) is 14.4. The maximum atomic E-state index is 17.0. The number of alkyl halides is 4. The molecule has 0 aliphatic carbocycles. The van der Waals surface area contributed by atoms with Crippen LogP contribution in [-0.2, 0) is 27.0 Å². The molecule has 8 nitrogen and oxygen atoms in total. The van der Waals surface area contributed by atoms with Gasteiger partial charge in [0.2, 0.25) is 11.6 Å². The average Bonchev–Trinajstić information content (AvgIpc) is 3.56. The van der Waals surface area contributed by atoms with Gasteiger partial charge in [-0.15, -0.1) is 0 Å². The lowest BCUT2D eigenvalue weighted by atomic mass is 9.85. The van der Waals surface area contributed by atoms with Gasteiger partial charge in [0.1, 0.15) is 17.2 Å². The summed E-state index contributed by atoms with van der Waals surface area (Å²) in [5.41, 5.74) is -4.24. The Labute approximate surface area is 282 Å². The smallest absolute Gasteiger partial charge is 0.416 e. The van der Waals surface area contributed by atoms with Gasteiger partial charge >= 0.3 is 12.1 Å². The zero-order valence-corrected chi connectivity index (χ0v) is 28.7. The van der Waals surface area contributed by atoms with E-state index in [1.54, 1.807) is 37.6 Å². The summed E-state index contributed by atoms with van der Waals surface area (Å²) in [6.07, 6.45) is -1.40. The highest BCUT2D eigenvalue weighted by Gasteiger charge is 2.56. The summed E-state index contributed by atoms with van der Waals surface area (Å²) in [6, 6.07) is 6.07. The molecule has 14 heteroatoms. The Hall–Kier alpha value is -4.07. The third-order valence-electron chi connectivity index (χ3n) is 8.44. The zero-order chi connectivity index (χ0) is 36.5. The first-order valence-corrected chi connectivity index (χ1v) is 15.9. The minimum Gasteiger partial charge on any atom is -0.460 e. The number of carbonyl (C=O) groups excluding carboxylic acids is 2. The molecule has 49 heavy (non-hydrogen) atoms. The molecular formula is C35H43F6N5O3. The number of imidazole rings is 1.